The minimum atomic E-state index is -0.258. The van der Waals surface area contributed by atoms with Gasteiger partial charge in [0.15, 0.2) is 6.61 Å². The third-order valence-electron chi connectivity index (χ3n) is 2.82. The summed E-state index contributed by atoms with van der Waals surface area (Å²) >= 11 is 6.07. The Labute approximate surface area is 135 Å². The highest BCUT2D eigenvalue weighted by atomic mass is 35.5. The molecule has 122 valence electrons. The zero-order valence-electron chi connectivity index (χ0n) is 13.0. The van der Waals surface area contributed by atoms with Gasteiger partial charge in [-0.3, -0.25) is 9.59 Å². The molecule has 0 atom stereocenters. The number of rotatable bonds is 8. The lowest BCUT2D eigenvalue weighted by Crippen LogP contribution is -2.37. The molecule has 7 heteroatoms. The molecule has 0 bridgehead atoms. The smallest absolute Gasteiger partial charge is 0.258 e. The first-order chi connectivity index (χ1) is 10.4. The molecule has 1 rings (SSSR count). The molecule has 0 aliphatic rings. The van der Waals surface area contributed by atoms with Gasteiger partial charge in [-0.2, -0.15) is 0 Å². The molecule has 1 aromatic rings. The predicted octanol–water partition coefficient (Wildman–Crippen LogP) is 1.21. The van der Waals surface area contributed by atoms with Crippen molar-refractivity contribution in [1.29, 1.82) is 0 Å². The lowest BCUT2D eigenvalue weighted by molar-refractivity contribution is -0.125. The first kappa shape index (κ1) is 18.3. The standard InChI is InChI=1S/C15H21ClN2O4/c1-10-6-12(7-11(2)15(10)16)22-9-14(20)18-5-4-17-13(19)8-21-3/h6-7H,4-5,8-9H2,1-3H3,(H,17,19)(H,18,20). The third kappa shape index (κ3) is 6.32. The lowest BCUT2D eigenvalue weighted by atomic mass is 10.1. The fourth-order valence-corrected chi connectivity index (χ4v) is 1.88. The van der Waals surface area contributed by atoms with Crippen molar-refractivity contribution < 1.29 is 19.1 Å². The van der Waals surface area contributed by atoms with Crippen molar-refractivity contribution in [2.24, 2.45) is 0 Å². The fraction of sp³-hybridized carbons (Fsp3) is 0.467. The highest BCUT2D eigenvalue weighted by Crippen LogP contribution is 2.25. The van der Waals surface area contributed by atoms with E-state index in [0.29, 0.717) is 23.9 Å². The van der Waals surface area contributed by atoms with Crippen molar-refractivity contribution in [2.75, 3.05) is 33.4 Å². The molecule has 1 aromatic carbocycles. The van der Waals surface area contributed by atoms with Crippen LogP contribution in [0.25, 0.3) is 0 Å². The van der Waals surface area contributed by atoms with Crippen LogP contribution in [0.4, 0.5) is 0 Å². The van der Waals surface area contributed by atoms with Gasteiger partial charge in [0.05, 0.1) is 0 Å². The molecule has 6 nitrogen and oxygen atoms in total. The number of carbonyl (C=O) groups is 2. The Kier molecular flexibility index (Phi) is 7.70. The van der Waals surface area contributed by atoms with Gasteiger partial charge < -0.3 is 20.1 Å². The van der Waals surface area contributed by atoms with E-state index in [1.807, 2.05) is 13.8 Å². The van der Waals surface area contributed by atoms with Gasteiger partial charge in [0.25, 0.3) is 5.91 Å². The lowest BCUT2D eigenvalue weighted by Gasteiger charge is -2.10. The number of aryl methyl sites for hydroxylation is 2. The largest absolute Gasteiger partial charge is 0.484 e. The molecular weight excluding hydrogens is 308 g/mol. The topological polar surface area (TPSA) is 76.7 Å². The molecule has 0 saturated carbocycles. The molecule has 0 aliphatic carbocycles. The molecule has 0 aliphatic heterocycles. The third-order valence-corrected chi connectivity index (χ3v) is 3.42. The monoisotopic (exact) mass is 328 g/mol. The molecule has 0 unspecified atom stereocenters. The number of carbonyl (C=O) groups excluding carboxylic acids is 2. The summed E-state index contributed by atoms with van der Waals surface area (Å²) in [5.41, 5.74) is 1.80. The summed E-state index contributed by atoms with van der Waals surface area (Å²) in [4.78, 5) is 22.7. The average molecular weight is 329 g/mol. The quantitative estimate of drug-likeness (QED) is 0.703. The van der Waals surface area contributed by atoms with Gasteiger partial charge >= 0.3 is 0 Å². The van der Waals surface area contributed by atoms with Crippen LogP contribution in [0.2, 0.25) is 5.02 Å². The van der Waals surface area contributed by atoms with E-state index >= 15 is 0 Å². The fourth-order valence-electron chi connectivity index (χ4n) is 1.78. The van der Waals surface area contributed by atoms with Crippen molar-refractivity contribution in [3.63, 3.8) is 0 Å². The van der Waals surface area contributed by atoms with E-state index in [-0.39, 0.29) is 25.0 Å². The van der Waals surface area contributed by atoms with E-state index in [1.54, 1.807) is 12.1 Å². The molecular formula is C15H21ClN2O4. The predicted molar refractivity (Wildman–Crippen MR) is 84.3 cm³/mol. The van der Waals surface area contributed by atoms with Crippen LogP contribution in [0.15, 0.2) is 12.1 Å². The number of hydrogen-bond donors (Lipinski definition) is 2. The number of benzene rings is 1. The van der Waals surface area contributed by atoms with Crippen LogP contribution in [0.5, 0.6) is 5.75 Å². The van der Waals surface area contributed by atoms with Crippen LogP contribution in [-0.4, -0.2) is 45.2 Å². The van der Waals surface area contributed by atoms with Gasteiger partial charge in [0, 0.05) is 25.2 Å². The first-order valence-electron chi connectivity index (χ1n) is 6.86. The SMILES string of the molecule is COCC(=O)NCCNC(=O)COc1cc(C)c(Cl)c(C)c1. The van der Waals surface area contributed by atoms with Crippen LogP contribution in [0.1, 0.15) is 11.1 Å². The van der Waals surface area contributed by atoms with Gasteiger partial charge in [-0.1, -0.05) is 11.6 Å². The molecule has 2 N–H and O–H groups in total. The number of nitrogens with one attached hydrogen (secondary N) is 2. The zero-order chi connectivity index (χ0) is 16.5. The zero-order valence-corrected chi connectivity index (χ0v) is 13.8. The van der Waals surface area contributed by atoms with Crippen molar-refractivity contribution in [1.82, 2.24) is 10.6 Å². The molecule has 0 spiro atoms. The van der Waals surface area contributed by atoms with Crippen molar-refractivity contribution in [3.8, 4) is 5.75 Å². The molecule has 2 amide bonds. The van der Waals surface area contributed by atoms with E-state index in [9.17, 15) is 9.59 Å². The Balaban J connectivity index is 2.27. The van der Waals surface area contributed by atoms with Crippen LogP contribution in [-0.2, 0) is 14.3 Å². The Morgan fingerprint density at radius 2 is 1.55 bits per heavy atom. The molecule has 0 aromatic heterocycles. The maximum Gasteiger partial charge on any atom is 0.258 e. The second kappa shape index (κ2) is 9.27. The highest BCUT2D eigenvalue weighted by molar-refractivity contribution is 6.32. The summed E-state index contributed by atoms with van der Waals surface area (Å²) in [5, 5.41) is 5.94. The van der Waals surface area contributed by atoms with Gasteiger partial charge in [-0.15, -0.1) is 0 Å². The minimum Gasteiger partial charge on any atom is -0.484 e. The molecule has 0 heterocycles. The maximum absolute atomic E-state index is 11.6. The minimum absolute atomic E-state index is 0.00628. The highest BCUT2D eigenvalue weighted by Gasteiger charge is 2.06. The van der Waals surface area contributed by atoms with Gasteiger partial charge in [0.2, 0.25) is 5.91 Å². The number of hydrogen-bond acceptors (Lipinski definition) is 4. The maximum atomic E-state index is 11.6. The van der Waals surface area contributed by atoms with E-state index in [0.717, 1.165) is 11.1 Å². The Bertz CT molecular complexity index is 511. The summed E-state index contributed by atoms with van der Waals surface area (Å²) in [6, 6.07) is 3.57. The first-order valence-corrected chi connectivity index (χ1v) is 7.23. The summed E-state index contributed by atoms with van der Waals surface area (Å²) in [7, 11) is 1.44. The summed E-state index contributed by atoms with van der Waals surface area (Å²) in [5.74, 6) is 0.120. The number of amides is 2. The Morgan fingerprint density at radius 3 is 2.05 bits per heavy atom. The van der Waals surface area contributed by atoms with Crippen molar-refractivity contribution in [2.45, 2.75) is 13.8 Å². The molecule has 22 heavy (non-hydrogen) atoms. The van der Waals surface area contributed by atoms with Crippen LogP contribution < -0.4 is 15.4 Å². The molecule has 0 saturated heterocycles. The Morgan fingerprint density at radius 1 is 1.05 bits per heavy atom. The van der Waals surface area contributed by atoms with E-state index in [1.165, 1.54) is 7.11 Å². The number of methoxy groups -OCH3 is 1. The number of ether oxygens (including phenoxy) is 2. The average Bonchev–Trinajstić information content (AvgIpc) is 2.47. The second-order valence-corrected chi connectivity index (χ2v) is 5.17. The molecule has 0 radical (unpaired) electrons. The van der Waals surface area contributed by atoms with Crippen molar-refractivity contribution >= 4 is 23.4 Å². The van der Waals surface area contributed by atoms with Gasteiger partial charge in [-0.05, 0) is 37.1 Å². The Hall–Kier alpha value is -1.79. The van der Waals surface area contributed by atoms with Crippen LogP contribution in [0, 0.1) is 13.8 Å². The van der Waals surface area contributed by atoms with E-state index in [2.05, 4.69) is 15.4 Å². The van der Waals surface area contributed by atoms with Crippen LogP contribution >= 0.6 is 11.6 Å². The van der Waals surface area contributed by atoms with Gasteiger partial charge in [0.1, 0.15) is 12.4 Å². The summed E-state index contributed by atoms with van der Waals surface area (Å²) in [6.45, 7) is 4.35. The normalized spacial score (nSPS) is 10.2. The van der Waals surface area contributed by atoms with Gasteiger partial charge in [-0.25, -0.2) is 0 Å². The van der Waals surface area contributed by atoms with Crippen molar-refractivity contribution in [3.05, 3.63) is 28.3 Å². The van der Waals surface area contributed by atoms with Crippen LogP contribution in [0.3, 0.4) is 0 Å². The summed E-state index contributed by atoms with van der Waals surface area (Å²) < 4.78 is 10.1. The van der Waals surface area contributed by atoms with E-state index < -0.39 is 0 Å². The van der Waals surface area contributed by atoms with E-state index in [4.69, 9.17) is 16.3 Å². The number of halogens is 1. The molecule has 0 fully saturated rings. The second-order valence-electron chi connectivity index (χ2n) is 4.79. The summed E-state index contributed by atoms with van der Waals surface area (Å²) in [6.07, 6.45) is 0.